The summed E-state index contributed by atoms with van der Waals surface area (Å²) in [6.45, 7) is 10.2. The molecular formula is C13H28N2O. The minimum Gasteiger partial charge on any atom is -0.395 e. The molecule has 0 aromatic heterocycles. The highest BCUT2D eigenvalue weighted by molar-refractivity contribution is 4.86. The second-order valence-electron chi connectivity index (χ2n) is 5.19. The Bertz CT molecular complexity index is 183. The molecule has 0 amide bonds. The highest BCUT2D eigenvalue weighted by atomic mass is 16.3. The van der Waals surface area contributed by atoms with Crippen LogP contribution in [0.1, 0.15) is 40.0 Å². The summed E-state index contributed by atoms with van der Waals surface area (Å²) < 4.78 is 0. The van der Waals surface area contributed by atoms with Crippen LogP contribution in [0, 0.1) is 5.92 Å². The molecule has 16 heavy (non-hydrogen) atoms. The molecule has 0 aromatic rings. The van der Waals surface area contributed by atoms with Gasteiger partial charge in [-0.25, -0.2) is 0 Å². The van der Waals surface area contributed by atoms with Gasteiger partial charge in [-0.2, -0.15) is 0 Å². The second-order valence-corrected chi connectivity index (χ2v) is 5.19. The molecule has 2 unspecified atom stereocenters. The minimum absolute atomic E-state index is 0.257. The average Bonchev–Trinajstić information content (AvgIpc) is 3.10. The highest BCUT2D eigenvalue weighted by Gasteiger charge is 2.25. The van der Waals surface area contributed by atoms with Gasteiger partial charge in [0.1, 0.15) is 0 Å². The number of likely N-dealkylation sites (N-methyl/N-ethyl adjacent to an activating group) is 1. The van der Waals surface area contributed by atoms with Crippen LogP contribution in [-0.4, -0.2) is 48.3 Å². The SMILES string of the molecule is CCC(C)CN(CC)CC(CO)NC1CC1. The van der Waals surface area contributed by atoms with Gasteiger partial charge in [-0.05, 0) is 25.3 Å². The van der Waals surface area contributed by atoms with Crippen molar-refractivity contribution in [3.63, 3.8) is 0 Å². The van der Waals surface area contributed by atoms with Gasteiger partial charge in [0.25, 0.3) is 0 Å². The van der Waals surface area contributed by atoms with Crippen molar-refractivity contribution in [1.29, 1.82) is 0 Å². The van der Waals surface area contributed by atoms with Crippen molar-refractivity contribution in [2.75, 3.05) is 26.2 Å². The first-order chi connectivity index (χ1) is 7.69. The van der Waals surface area contributed by atoms with E-state index >= 15 is 0 Å². The van der Waals surface area contributed by atoms with E-state index in [-0.39, 0.29) is 12.6 Å². The van der Waals surface area contributed by atoms with Crippen LogP contribution < -0.4 is 5.32 Å². The van der Waals surface area contributed by atoms with E-state index in [4.69, 9.17) is 0 Å². The van der Waals surface area contributed by atoms with Crippen LogP contribution in [0.4, 0.5) is 0 Å². The normalized spacial score (nSPS) is 20.1. The van der Waals surface area contributed by atoms with Gasteiger partial charge in [-0.1, -0.05) is 27.2 Å². The molecule has 0 spiro atoms. The summed E-state index contributed by atoms with van der Waals surface area (Å²) in [4.78, 5) is 2.45. The predicted octanol–water partition coefficient (Wildman–Crippen LogP) is 1.47. The molecular weight excluding hydrogens is 200 g/mol. The molecule has 3 nitrogen and oxygen atoms in total. The molecule has 0 aliphatic heterocycles. The Hall–Kier alpha value is -0.120. The highest BCUT2D eigenvalue weighted by Crippen LogP contribution is 2.19. The van der Waals surface area contributed by atoms with E-state index in [9.17, 15) is 5.11 Å². The first-order valence-corrected chi connectivity index (χ1v) is 6.78. The summed E-state index contributed by atoms with van der Waals surface area (Å²) in [6.07, 6.45) is 3.80. The van der Waals surface area contributed by atoms with Crippen LogP contribution in [-0.2, 0) is 0 Å². The van der Waals surface area contributed by atoms with Crippen molar-refractivity contribution in [3.05, 3.63) is 0 Å². The van der Waals surface area contributed by atoms with Crippen LogP contribution in [0.15, 0.2) is 0 Å². The smallest absolute Gasteiger partial charge is 0.0597 e. The Kier molecular flexibility index (Phi) is 6.32. The van der Waals surface area contributed by atoms with Gasteiger partial charge in [-0.3, -0.25) is 0 Å². The lowest BCUT2D eigenvalue weighted by Crippen LogP contribution is -2.45. The van der Waals surface area contributed by atoms with E-state index in [0.717, 1.165) is 25.6 Å². The molecule has 1 rings (SSSR count). The lowest BCUT2D eigenvalue weighted by molar-refractivity contribution is 0.170. The summed E-state index contributed by atoms with van der Waals surface area (Å²) in [5.41, 5.74) is 0. The Labute approximate surface area is 100 Å². The lowest BCUT2D eigenvalue weighted by Gasteiger charge is -2.28. The fraction of sp³-hybridized carbons (Fsp3) is 1.00. The molecule has 0 aromatic carbocycles. The number of hydrogen-bond acceptors (Lipinski definition) is 3. The van der Waals surface area contributed by atoms with Gasteiger partial charge in [-0.15, -0.1) is 0 Å². The Morgan fingerprint density at radius 2 is 2.00 bits per heavy atom. The van der Waals surface area contributed by atoms with Gasteiger partial charge >= 0.3 is 0 Å². The van der Waals surface area contributed by atoms with Crippen LogP contribution in [0.5, 0.6) is 0 Å². The summed E-state index contributed by atoms with van der Waals surface area (Å²) >= 11 is 0. The summed E-state index contributed by atoms with van der Waals surface area (Å²) in [7, 11) is 0. The molecule has 0 radical (unpaired) electrons. The number of nitrogens with one attached hydrogen (secondary N) is 1. The maximum atomic E-state index is 9.35. The van der Waals surface area contributed by atoms with Gasteiger partial charge in [0.05, 0.1) is 6.61 Å². The number of aliphatic hydroxyl groups excluding tert-OH is 1. The number of hydrogen-bond donors (Lipinski definition) is 2. The van der Waals surface area contributed by atoms with Crippen molar-refractivity contribution in [1.82, 2.24) is 10.2 Å². The van der Waals surface area contributed by atoms with E-state index in [1.165, 1.54) is 19.3 Å². The fourth-order valence-electron chi connectivity index (χ4n) is 1.96. The van der Waals surface area contributed by atoms with Crippen molar-refractivity contribution in [2.24, 2.45) is 5.92 Å². The van der Waals surface area contributed by atoms with E-state index in [1.54, 1.807) is 0 Å². The molecule has 1 aliphatic rings. The molecule has 1 fully saturated rings. The van der Waals surface area contributed by atoms with Crippen molar-refractivity contribution in [3.8, 4) is 0 Å². The third-order valence-corrected chi connectivity index (χ3v) is 3.46. The van der Waals surface area contributed by atoms with E-state index < -0.39 is 0 Å². The molecule has 0 saturated heterocycles. The fourth-order valence-corrected chi connectivity index (χ4v) is 1.96. The van der Waals surface area contributed by atoms with E-state index in [0.29, 0.717) is 6.04 Å². The topological polar surface area (TPSA) is 35.5 Å². The molecule has 3 heteroatoms. The van der Waals surface area contributed by atoms with Crippen LogP contribution >= 0.6 is 0 Å². The Morgan fingerprint density at radius 1 is 1.31 bits per heavy atom. The zero-order valence-corrected chi connectivity index (χ0v) is 11.1. The maximum absolute atomic E-state index is 9.35. The van der Waals surface area contributed by atoms with E-state index in [2.05, 4.69) is 31.0 Å². The van der Waals surface area contributed by atoms with Crippen molar-refractivity contribution < 1.29 is 5.11 Å². The monoisotopic (exact) mass is 228 g/mol. The number of aliphatic hydroxyl groups is 1. The zero-order chi connectivity index (χ0) is 12.0. The number of rotatable bonds is 9. The second kappa shape index (κ2) is 7.25. The van der Waals surface area contributed by atoms with Gasteiger partial charge in [0.15, 0.2) is 0 Å². The number of nitrogens with zero attached hydrogens (tertiary/aromatic N) is 1. The predicted molar refractivity (Wildman–Crippen MR) is 68.6 cm³/mol. The van der Waals surface area contributed by atoms with Crippen LogP contribution in [0.25, 0.3) is 0 Å². The van der Waals surface area contributed by atoms with Gasteiger partial charge in [0.2, 0.25) is 0 Å². The first kappa shape index (κ1) is 13.9. The first-order valence-electron chi connectivity index (χ1n) is 6.78. The largest absolute Gasteiger partial charge is 0.395 e. The van der Waals surface area contributed by atoms with Crippen LogP contribution in [0.2, 0.25) is 0 Å². The molecule has 0 heterocycles. The molecule has 96 valence electrons. The third kappa shape index (κ3) is 5.28. The molecule has 1 aliphatic carbocycles. The Balaban J connectivity index is 2.27. The van der Waals surface area contributed by atoms with Crippen molar-refractivity contribution >= 4 is 0 Å². The molecule has 2 N–H and O–H groups in total. The molecule has 1 saturated carbocycles. The molecule has 2 atom stereocenters. The Morgan fingerprint density at radius 3 is 2.44 bits per heavy atom. The third-order valence-electron chi connectivity index (χ3n) is 3.46. The van der Waals surface area contributed by atoms with Gasteiger partial charge < -0.3 is 15.3 Å². The summed E-state index contributed by atoms with van der Waals surface area (Å²) in [5, 5.41) is 12.9. The van der Waals surface area contributed by atoms with Gasteiger partial charge in [0, 0.05) is 25.2 Å². The summed E-state index contributed by atoms with van der Waals surface area (Å²) in [6, 6.07) is 0.941. The van der Waals surface area contributed by atoms with E-state index in [1.807, 2.05) is 0 Å². The minimum atomic E-state index is 0.257. The standard InChI is InChI=1S/C13H28N2O/c1-4-11(3)8-15(5-2)9-13(10-16)14-12-6-7-12/h11-14,16H,4-10H2,1-3H3. The molecule has 0 bridgehead atoms. The average molecular weight is 228 g/mol. The summed E-state index contributed by atoms with van der Waals surface area (Å²) in [5.74, 6) is 0.750. The lowest BCUT2D eigenvalue weighted by atomic mass is 10.1. The van der Waals surface area contributed by atoms with Crippen molar-refractivity contribution in [2.45, 2.75) is 52.1 Å². The zero-order valence-electron chi connectivity index (χ0n) is 11.1. The quantitative estimate of drug-likeness (QED) is 0.627. The maximum Gasteiger partial charge on any atom is 0.0597 e. The van der Waals surface area contributed by atoms with Crippen LogP contribution in [0.3, 0.4) is 0 Å².